The van der Waals surface area contributed by atoms with E-state index in [1.165, 1.54) is 0 Å². The summed E-state index contributed by atoms with van der Waals surface area (Å²) in [6, 6.07) is 7.30. The number of aromatic nitrogens is 2. The lowest BCUT2D eigenvalue weighted by Gasteiger charge is -2.12. The molecule has 19 heavy (non-hydrogen) atoms. The monoisotopic (exact) mass is 255 g/mol. The lowest BCUT2D eigenvalue weighted by molar-refractivity contribution is 0.387. The van der Waals surface area contributed by atoms with E-state index in [0.717, 1.165) is 16.5 Å². The first-order valence-corrected chi connectivity index (χ1v) is 5.88. The Bertz CT molecular complexity index is 708. The van der Waals surface area contributed by atoms with Crippen LogP contribution in [0.3, 0.4) is 0 Å². The van der Waals surface area contributed by atoms with Crippen molar-refractivity contribution in [1.29, 1.82) is 0 Å². The van der Waals surface area contributed by atoms with Crippen molar-refractivity contribution in [1.82, 2.24) is 9.97 Å². The van der Waals surface area contributed by atoms with E-state index in [4.69, 9.17) is 14.9 Å². The predicted octanol–water partition coefficient (Wildman–Crippen LogP) is 2.28. The van der Waals surface area contributed by atoms with Gasteiger partial charge in [0.2, 0.25) is 5.88 Å². The Morgan fingerprint density at radius 3 is 2.84 bits per heavy atom. The Kier molecular flexibility index (Phi) is 2.89. The number of methoxy groups -OCH3 is 1. The zero-order chi connectivity index (χ0) is 13.2. The van der Waals surface area contributed by atoms with Crippen molar-refractivity contribution in [2.75, 3.05) is 7.11 Å². The van der Waals surface area contributed by atoms with Crippen molar-refractivity contribution in [2.24, 2.45) is 5.73 Å². The molecule has 1 atom stereocenters. The summed E-state index contributed by atoms with van der Waals surface area (Å²) in [5.41, 5.74) is 8.53. The van der Waals surface area contributed by atoms with E-state index in [0.29, 0.717) is 11.6 Å². The highest BCUT2D eigenvalue weighted by molar-refractivity contribution is 5.81. The number of furan rings is 1. The molecular formula is C14H13N3O2. The molecule has 0 aliphatic heterocycles. The number of ether oxygens (including phenoxy) is 1. The van der Waals surface area contributed by atoms with Gasteiger partial charge in [0.1, 0.15) is 11.3 Å². The van der Waals surface area contributed by atoms with Crippen LogP contribution in [0, 0.1) is 0 Å². The molecule has 3 rings (SSSR count). The van der Waals surface area contributed by atoms with Crippen LogP contribution in [0.25, 0.3) is 11.0 Å². The zero-order valence-electron chi connectivity index (χ0n) is 10.4. The number of hydrogen-bond donors (Lipinski definition) is 1. The second-order valence-corrected chi connectivity index (χ2v) is 4.12. The summed E-state index contributed by atoms with van der Waals surface area (Å²) in [6.07, 6.45) is 4.83. The molecule has 0 aliphatic rings. The fraction of sp³-hybridized carbons (Fsp3) is 0.143. The molecule has 0 spiro atoms. The summed E-state index contributed by atoms with van der Waals surface area (Å²) in [5, 5.41) is 0.975. The maximum atomic E-state index is 6.26. The largest absolute Gasteiger partial charge is 0.480 e. The van der Waals surface area contributed by atoms with Gasteiger partial charge in [0.05, 0.1) is 19.4 Å². The van der Waals surface area contributed by atoms with E-state index >= 15 is 0 Å². The highest BCUT2D eigenvalue weighted by atomic mass is 16.5. The molecule has 2 heterocycles. The molecule has 96 valence electrons. The third-order valence-electron chi connectivity index (χ3n) is 3.03. The second kappa shape index (κ2) is 4.70. The van der Waals surface area contributed by atoms with Crippen LogP contribution in [-0.2, 0) is 0 Å². The molecule has 2 aromatic heterocycles. The average molecular weight is 255 g/mol. The maximum Gasteiger partial charge on any atom is 0.237 e. The van der Waals surface area contributed by atoms with Gasteiger partial charge in [-0.1, -0.05) is 18.2 Å². The number of benzene rings is 1. The summed E-state index contributed by atoms with van der Waals surface area (Å²) in [6.45, 7) is 0. The second-order valence-electron chi connectivity index (χ2n) is 4.12. The van der Waals surface area contributed by atoms with Gasteiger partial charge in [-0.15, -0.1) is 0 Å². The van der Waals surface area contributed by atoms with Crippen molar-refractivity contribution >= 4 is 11.0 Å². The van der Waals surface area contributed by atoms with Gasteiger partial charge in [-0.05, 0) is 6.07 Å². The Hall–Kier alpha value is -2.40. The molecule has 1 aromatic carbocycles. The molecule has 0 aliphatic carbocycles. The Morgan fingerprint density at radius 2 is 2.00 bits per heavy atom. The van der Waals surface area contributed by atoms with Gasteiger partial charge in [0.15, 0.2) is 0 Å². The molecular weight excluding hydrogens is 242 g/mol. The van der Waals surface area contributed by atoms with Gasteiger partial charge in [0, 0.05) is 23.3 Å². The maximum absolute atomic E-state index is 6.26. The topological polar surface area (TPSA) is 74.2 Å². The van der Waals surface area contributed by atoms with Crippen LogP contribution < -0.4 is 10.5 Å². The number of nitrogens with two attached hydrogens (primary N) is 1. The van der Waals surface area contributed by atoms with Gasteiger partial charge in [-0.2, -0.15) is 0 Å². The highest BCUT2D eigenvalue weighted by Gasteiger charge is 2.20. The number of nitrogens with zero attached hydrogens (tertiary/aromatic N) is 2. The van der Waals surface area contributed by atoms with Gasteiger partial charge in [-0.3, -0.25) is 4.98 Å². The van der Waals surface area contributed by atoms with Gasteiger partial charge in [0.25, 0.3) is 0 Å². The summed E-state index contributed by atoms with van der Waals surface area (Å²) in [5.74, 6) is 0.431. The van der Waals surface area contributed by atoms with Crippen molar-refractivity contribution < 1.29 is 9.15 Å². The first-order valence-electron chi connectivity index (χ1n) is 5.88. The molecule has 0 bridgehead atoms. The van der Waals surface area contributed by atoms with Crippen LogP contribution in [0.2, 0.25) is 0 Å². The SMILES string of the molecule is COc1nccnc1C(N)c1coc2ccccc12. The van der Waals surface area contributed by atoms with Crippen LogP contribution in [0.15, 0.2) is 47.3 Å². The summed E-state index contributed by atoms with van der Waals surface area (Å²) < 4.78 is 10.7. The molecule has 0 saturated heterocycles. The lowest BCUT2D eigenvalue weighted by atomic mass is 10.0. The molecule has 0 amide bonds. The number of rotatable bonds is 3. The van der Waals surface area contributed by atoms with Crippen LogP contribution in [0.1, 0.15) is 17.3 Å². The lowest BCUT2D eigenvalue weighted by Crippen LogP contribution is -2.15. The minimum atomic E-state index is -0.438. The van der Waals surface area contributed by atoms with E-state index < -0.39 is 6.04 Å². The van der Waals surface area contributed by atoms with Crippen molar-refractivity contribution in [2.45, 2.75) is 6.04 Å². The van der Waals surface area contributed by atoms with Crippen molar-refractivity contribution in [3.63, 3.8) is 0 Å². The van der Waals surface area contributed by atoms with Gasteiger partial charge in [-0.25, -0.2) is 4.98 Å². The summed E-state index contributed by atoms with van der Waals surface area (Å²) in [4.78, 5) is 8.37. The molecule has 0 saturated carbocycles. The highest BCUT2D eigenvalue weighted by Crippen LogP contribution is 2.30. The number of hydrogen-bond acceptors (Lipinski definition) is 5. The molecule has 0 radical (unpaired) electrons. The molecule has 3 aromatic rings. The molecule has 5 heteroatoms. The average Bonchev–Trinajstić information content (AvgIpc) is 2.90. The van der Waals surface area contributed by atoms with Crippen molar-refractivity contribution in [3.8, 4) is 5.88 Å². The standard InChI is InChI=1S/C14H13N3O2/c1-18-14-13(16-6-7-17-14)12(15)10-8-19-11-5-3-2-4-9(10)11/h2-8,12H,15H2,1H3. The van der Waals surface area contributed by atoms with E-state index in [2.05, 4.69) is 9.97 Å². The van der Waals surface area contributed by atoms with E-state index in [1.807, 2.05) is 24.3 Å². The minimum absolute atomic E-state index is 0.431. The Balaban J connectivity index is 2.11. The van der Waals surface area contributed by atoms with Gasteiger partial charge >= 0.3 is 0 Å². The third-order valence-corrected chi connectivity index (χ3v) is 3.03. The molecule has 1 unspecified atom stereocenters. The quantitative estimate of drug-likeness (QED) is 0.777. The van der Waals surface area contributed by atoms with Crippen LogP contribution in [0.5, 0.6) is 5.88 Å². The van der Waals surface area contributed by atoms with Crippen LogP contribution in [0.4, 0.5) is 0 Å². The van der Waals surface area contributed by atoms with E-state index in [9.17, 15) is 0 Å². The number of fused-ring (bicyclic) bond motifs is 1. The van der Waals surface area contributed by atoms with Gasteiger partial charge < -0.3 is 14.9 Å². The van der Waals surface area contributed by atoms with Crippen LogP contribution >= 0.6 is 0 Å². The normalized spacial score (nSPS) is 12.5. The van der Waals surface area contributed by atoms with E-state index in [-0.39, 0.29) is 0 Å². The third kappa shape index (κ3) is 1.94. The zero-order valence-corrected chi connectivity index (χ0v) is 10.4. The fourth-order valence-corrected chi connectivity index (χ4v) is 2.09. The predicted molar refractivity (Wildman–Crippen MR) is 70.8 cm³/mol. The Labute approximate surface area is 110 Å². The fourth-order valence-electron chi connectivity index (χ4n) is 2.09. The van der Waals surface area contributed by atoms with Crippen LogP contribution in [-0.4, -0.2) is 17.1 Å². The minimum Gasteiger partial charge on any atom is -0.480 e. The molecule has 0 fully saturated rings. The summed E-state index contributed by atoms with van der Waals surface area (Å²) >= 11 is 0. The molecule has 5 nitrogen and oxygen atoms in total. The Morgan fingerprint density at radius 1 is 1.21 bits per heavy atom. The first kappa shape index (κ1) is 11.7. The smallest absolute Gasteiger partial charge is 0.237 e. The molecule has 2 N–H and O–H groups in total. The van der Waals surface area contributed by atoms with E-state index in [1.54, 1.807) is 25.8 Å². The number of para-hydroxylation sites is 1. The van der Waals surface area contributed by atoms with Crippen molar-refractivity contribution in [3.05, 3.63) is 54.2 Å². The summed E-state index contributed by atoms with van der Waals surface area (Å²) in [7, 11) is 1.55. The first-order chi connectivity index (χ1) is 9.31.